The molecule has 1 amide bonds. The first-order valence-electron chi connectivity index (χ1n) is 9.22. The Balaban J connectivity index is 1.46. The van der Waals surface area contributed by atoms with Gasteiger partial charge in [-0.15, -0.1) is 0 Å². The quantitative estimate of drug-likeness (QED) is 0.739. The van der Waals surface area contributed by atoms with Crippen LogP contribution in [0.5, 0.6) is 5.88 Å². The maximum atomic E-state index is 14.7. The molecule has 0 bridgehead atoms. The Morgan fingerprint density at radius 1 is 1.37 bits per heavy atom. The van der Waals surface area contributed by atoms with Crippen molar-refractivity contribution in [3.05, 3.63) is 17.1 Å². The van der Waals surface area contributed by atoms with Crippen molar-refractivity contribution in [1.29, 1.82) is 0 Å². The summed E-state index contributed by atoms with van der Waals surface area (Å²) in [6.07, 6.45) is 0.445. The van der Waals surface area contributed by atoms with Gasteiger partial charge in [0.2, 0.25) is 11.8 Å². The minimum absolute atomic E-state index is 0.0392. The highest BCUT2D eigenvalue weighted by Crippen LogP contribution is 2.39. The van der Waals surface area contributed by atoms with Crippen molar-refractivity contribution in [2.24, 2.45) is 0 Å². The van der Waals surface area contributed by atoms with Crippen LogP contribution in [-0.2, 0) is 9.53 Å². The van der Waals surface area contributed by atoms with Gasteiger partial charge in [-0.3, -0.25) is 4.79 Å². The Labute approximate surface area is 162 Å². The smallest absolute Gasteiger partial charge is 0.217 e. The molecule has 0 aromatic carbocycles. The predicted molar refractivity (Wildman–Crippen MR) is 103 cm³/mol. The lowest BCUT2D eigenvalue weighted by atomic mass is 9.79. The highest BCUT2D eigenvalue weighted by Gasteiger charge is 2.46. The average molecular weight is 396 g/mol. The molecule has 1 N–H and O–H groups in total. The van der Waals surface area contributed by atoms with Crippen LogP contribution in [0, 0.1) is 0 Å². The van der Waals surface area contributed by atoms with Crippen LogP contribution in [0.1, 0.15) is 51.5 Å². The lowest BCUT2D eigenvalue weighted by Crippen LogP contribution is -2.50. The fourth-order valence-corrected chi connectivity index (χ4v) is 3.94. The van der Waals surface area contributed by atoms with Gasteiger partial charge >= 0.3 is 0 Å². The Kier molecular flexibility index (Phi) is 5.95. The molecule has 1 saturated carbocycles. The normalized spacial score (nSPS) is 23.3. The molecule has 2 aromatic heterocycles. The first-order chi connectivity index (χ1) is 12.7. The molecule has 0 spiro atoms. The lowest BCUT2D eigenvalue weighted by molar-refractivity contribution is -0.125. The molecular formula is C19H26FN3O3S. The third-order valence-electron chi connectivity index (χ3n) is 4.44. The van der Waals surface area contributed by atoms with Crippen LogP contribution >= 0.6 is 11.3 Å². The van der Waals surface area contributed by atoms with E-state index < -0.39 is 5.67 Å². The summed E-state index contributed by atoms with van der Waals surface area (Å²) in [6, 6.07) is 3.51. The predicted octanol–water partition coefficient (Wildman–Crippen LogP) is 3.61. The third kappa shape index (κ3) is 5.13. The highest BCUT2D eigenvalue weighted by molar-refractivity contribution is 7.18. The van der Waals surface area contributed by atoms with Crippen LogP contribution in [0.4, 0.5) is 4.39 Å². The van der Waals surface area contributed by atoms with Crippen molar-refractivity contribution < 1.29 is 18.7 Å². The highest BCUT2D eigenvalue weighted by atomic mass is 32.1. The van der Waals surface area contributed by atoms with Gasteiger partial charge in [-0.05, 0) is 13.0 Å². The summed E-state index contributed by atoms with van der Waals surface area (Å²) in [7, 11) is 0. The summed E-state index contributed by atoms with van der Waals surface area (Å²) < 4.78 is 25.9. The molecule has 1 aliphatic carbocycles. The van der Waals surface area contributed by atoms with Gasteiger partial charge in [0.1, 0.15) is 22.6 Å². The SMILES string of the molecule is CC(=O)N[C@@H](C)COC1CC(F)(COc2ccc3nc(C(C)C)sc3n2)C1. The number of ether oxygens (including phenoxy) is 2. The number of pyridine rings is 1. The summed E-state index contributed by atoms with van der Waals surface area (Å²) in [5.41, 5.74) is -0.550. The number of amides is 1. The van der Waals surface area contributed by atoms with Gasteiger partial charge < -0.3 is 14.8 Å². The van der Waals surface area contributed by atoms with E-state index in [1.165, 1.54) is 6.92 Å². The van der Waals surface area contributed by atoms with Gasteiger partial charge in [-0.25, -0.2) is 14.4 Å². The molecule has 2 heterocycles. The number of aromatic nitrogens is 2. The van der Waals surface area contributed by atoms with Crippen molar-refractivity contribution in [1.82, 2.24) is 15.3 Å². The van der Waals surface area contributed by atoms with Crippen LogP contribution in [0.15, 0.2) is 12.1 Å². The second kappa shape index (κ2) is 8.06. The van der Waals surface area contributed by atoms with Crippen molar-refractivity contribution in [2.45, 2.75) is 64.3 Å². The Hall–Kier alpha value is -1.80. The molecule has 6 nitrogen and oxygen atoms in total. The van der Waals surface area contributed by atoms with E-state index in [4.69, 9.17) is 9.47 Å². The van der Waals surface area contributed by atoms with E-state index >= 15 is 0 Å². The van der Waals surface area contributed by atoms with E-state index in [-0.39, 0.29) is 24.7 Å². The zero-order valence-electron chi connectivity index (χ0n) is 16.1. The Bertz CT molecular complexity index is 805. The second-order valence-corrected chi connectivity index (χ2v) is 8.59. The standard InChI is InChI=1S/C19H26FN3O3S/c1-11(2)17-22-15-5-6-16(23-18(15)27-17)26-10-19(20)7-14(8-19)25-9-12(3)21-13(4)24/h5-6,11-12,14H,7-10H2,1-4H3,(H,21,24)/t12-,14?,19?/m0/s1. The van der Waals surface area contributed by atoms with Crippen molar-refractivity contribution >= 4 is 27.6 Å². The van der Waals surface area contributed by atoms with Crippen LogP contribution in [0.2, 0.25) is 0 Å². The number of rotatable bonds is 8. The van der Waals surface area contributed by atoms with Crippen LogP contribution < -0.4 is 10.1 Å². The summed E-state index contributed by atoms with van der Waals surface area (Å²) in [5.74, 6) is 0.670. The number of nitrogens with one attached hydrogen (secondary N) is 1. The summed E-state index contributed by atoms with van der Waals surface area (Å²) >= 11 is 1.54. The molecule has 27 heavy (non-hydrogen) atoms. The molecule has 0 unspecified atom stereocenters. The molecule has 1 atom stereocenters. The van der Waals surface area contributed by atoms with Crippen LogP contribution in [0.25, 0.3) is 10.3 Å². The monoisotopic (exact) mass is 395 g/mol. The lowest BCUT2D eigenvalue weighted by Gasteiger charge is -2.40. The van der Waals surface area contributed by atoms with Crippen molar-refractivity contribution in [2.75, 3.05) is 13.2 Å². The summed E-state index contributed by atoms with van der Waals surface area (Å²) in [6.45, 7) is 7.84. The van der Waals surface area contributed by atoms with Crippen molar-refractivity contribution in [3.63, 3.8) is 0 Å². The maximum Gasteiger partial charge on any atom is 0.217 e. The fraction of sp³-hybridized carbons (Fsp3) is 0.632. The maximum absolute atomic E-state index is 14.7. The van der Waals surface area contributed by atoms with Crippen LogP contribution in [0.3, 0.4) is 0 Å². The molecule has 3 rings (SSSR count). The number of fused-ring (bicyclic) bond motifs is 1. The molecule has 0 aliphatic heterocycles. The number of hydrogen-bond acceptors (Lipinski definition) is 6. The number of thiazole rings is 1. The largest absolute Gasteiger partial charge is 0.474 e. The average Bonchev–Trinajstić information content (AvgIpc) is 2.99. The molecule has 1 aliphatic rings. The third-order valence-corrected chi connectivity index (χ3v) is 5.70. The second-order valence-electron chi connectivity index (χ2n) is 7.59. The molecular weight excluding hydrogens is 369 g/mol. The number of carbonyl (C=O) groups is 1. The molecule has 0 radical (unpaired) electrons. The molecule has 1 fully saturated rings. The number of nitrogens with zero attached hydrogens (tertiary/aromatic N) is 2. The first-order valence-corrected chi connectivity index (χ1v) is 10.0. The van der Waals surface area contributed by atoms with E-state index in [2.05, 4.69) is 29.1 Å². The zero-order chi connectivity index (χ0) is 19.6. The summed E-state index contributed by atoms with van der Waals surface area (Å²) in [4.78, 5) is 20.8. The first kappa shape index (κ1) is 19.9. The number of alkyl halides is 1. The van der Waals surface area contributed by atoms with Gasteiger partial charge in [0.05, 0.1) is 17.7 Å². The van der Waals surface area contributed by atoms with Crippen molar-refractivity contribution in [3.8, 4) is 5.88 Å². The Morgan fingerprint density at radius 2 is 2.11 bits per heavy atom. The minimum atomic E-state index is -1.39. The van der Waals surface area contributed by atoms with Gasteiger partial charge in [0.25, 0.3) is 0 Å². The zero-order valence-corrected chi connectivity index (χ0v) is 16.9. The van der Waals surface area contributed by atoms with Gasteiger partial charge in [-0.1, -0.05) is 25.2 Å². The van der Waals surface area contributed by atoms with E-state index in [1.807, 2.05) is 13.0 Å². The summed E-state index contributed by atoms with van der Waals surface area (Å²) in [5, 5.41) is 3.77. The fourth-order valence-electron chi connectivity index (χ4n) is 3.01. The van der Waals surface area contributed by atoms with E-state index in [0.29, 0.717) is 31.2 Å². The van der Waals surface area contributed by atoms with Gasteiger partial charge in [-0.2, -0.15) is 0 Å². The Morgan fingerprint density at radius 3 is 2.78 bits per heavy atom. The number of carbonyl (C=O) groups excluding carboxylic acids is 1. The molecule has 8 heteroatoms. The van der Waals surface area contributed by atoms with E-state index in [9.17, 15) is 9.18 Å². The topological polar surface area (TPSA) is 73.3 Å². The minimum Gasteiger partial charge on any atom is -0.474 e. The van der Waals surface area contributed by atoms with Gasteiger partial charge in [0, 0.05) is 37.8 Å². The number of halogens is 1. The van der Waals surface area contributed by atoms with E-state index in [0.717, 1.165) is 15.4 Å². The number of hydrogen-bond donors (Lipinski definition) is 1. The molecule has 148 valence electrons. The van der Waals surface area contributed by atoms with Gasteiger partial charge in [0.15, 0.2) is 0 Å². The molecule has 2 aromatic rings. The van der Waals surface area contributed by atoms with E-state index in [1.54, 1.807) is 17.4 Å². The molecule has 0 saturated heterocycles. The van der Waals surface area contributed by atoms with Crippen LogP contribution in [-0.4, -0.2) is 46.9 Å².